The highest BCUT2D eigenvalue weighted by atomic mass is 16.6. The molecule has 1 heterocycles. The Labute approximate surface area is 512 Å². The zero-order valence-electron chi connectivity index (χ0n) is 58.1. The number of rotatable bonds is 39. The van der Waals surface area contributed by atoms with E-state index in [1.54, 1.807) is 0 Å². The van der Waals surface area contributed by atoms with Crippen LogP contribution >= 0.6 is 0 Å². The van der Waals surface area contributed by atoms with Crippen molar-refractivity contribution in [3.05, 3.63) is 0 Å². The molecule has 484 valence electrons. The van der Waals surface area contributed by atoms with Crippen LogP contribution in [0.25, 0.3) is 0 Å². The van der Waals surface area contributed by atoms with E-state index in [1.165, 1.54) is 6.42 Å². The Morgan fingerprint density at radius 1 is 0.500 bits per heavy atom. The first-order valence-corrected chi connectivity index (χ1v) is 31.4. The standard InChI is InChI=1S/C12H26O2.C11H22BNO3.C11H24O2.C10H19BO3.C10H21BO2.C9H19BO2/c1-6-7-12(14-11(4)5)8-9-13-10(2)3;1-8(2)15-6-10(7-16-9(3)4)13-11(14)5-12;1-6-7-11(13-10(4)5)8-12-9(2)3;1-6(2)13-8-5-12-10(11)9(8)14-7(3)4;1-8(2)12-7-10(5,6-11)13-9(3)4;1-7(2)11-6-9(5-10)12-8(3)4/h10-12H,6-9H2,1-5H3;8-10H,5-7H2,1-4H3,(H,13,14);9-11H,6-8H2,1-5H3;6-10H,5H2,1-4H3;8-9H,6-7H2,1-5H3;7-9H,5-6H2,1-4H3/t;;;8?,9-,10+;;/m...0../s1. The van der Waals surface area contributed by atoms with Gasteiger partial charge in [0.15, 0.2) is 0 Å². The number of carbonyl (C=O) groups excluding carboxylic acids is 1. The monoisotopic (exact) mass is 1170 g/mol. The normalized spacial score (nSPS) is 17.2. The third kappa shape index (κ3) is 65.2. The van der Waals surface area contributed by atoms with Gasteiger partial charge in [0, 0.05) is 12.6 Å². The van der Waals surface area contributed by atoms with Gasteiger partial charge in [0.1, 0.15) is 20.1 Å². The quantitative estimate of drug-likeness (QED) is 0.0582. The molecule has 1 aliphatic heterocycles. The van der Waals surface area contributed by atoms with Crippen LogP contribution in [0.5, 0.6) is 0 Å². The predicted molar refractivity (Wildman–Crippen MR) is 345 cm³/mol. The Hall–Kier alpha value is -0.790. The van der Waals surface area contributed by atoms with Crippen molar-refractivity contribution in [2.45, 2.75) is 359 Å². The maximum absolute atomic E-state index is 11.2. The van der Waals surface area contributed by atoms with Gasteiger partial charge >= 0.3 is 0 Å². The molecule has 0 aromatic heterocycles. The van der Waals surface area contributed by atoms with Crippen LogP contribution in [0.4, 0.5) is 0 Å². The number of amides is 1. The molecule has 1 fully saturated rings. The summed E-state index contributed by atoms with van der Waals surface area (Å²) in [6.45, 7) is 58.8. The van der Waals surface area contributed by atoms with E-state index in [4.69, 9.17) is 93.0 Å². The lowest BCUT2D eigenvalue weighted by atomic mass is 9.88. The van der Waals surface area contributed by atoms with Crippen molar-refractivity contribution >= 4 is 37.3 Å². The molecule has 0 bridgehead atoms. The van der Waals surface area contributed by atoms with Crippen molar-refractivity contribution in [1.29, 1.82) is 0 Å². The first-order chi connectivity index (χ1) is 38.0. The molecule has 19 heteroatoms. The zero-order chi connectivity index (χ0) is 64.6. The van der Waals surface area contributed by atoms with Gasteiger partial charge in [-0.3, -0.25) is 4.79 Å². The van der Waals surface area contributed by atoms with Gasteiger partial charge in [-0.15, -0.1) is 0 Å². The van der Waals surface area contributed by atoms with Gasteiger partial charge in [-0.2, -0.15) is 0 Å². The van der Waals surface area contributed by atoms with Crippen LogP contribution < -0.4 is 5.32 Å². The lowest BCUT2D eigenvalue weighted by molar-refractivity contribution is -0.121. The van der Waals surface area contributed by atoms with E-state index in [-0.39, 0.29) is 103 Å². The zero-order valence-corrected chi connectivity index (χ0v) is 58.1. The van der Waals surface area contributed by atoms with Crippen molar-refractivity contribution in [1.82, 2.24) is 5.32 Å². The third-order valence-electron chi connectivity index (χ3n) is 10.5. The van der Waals surface area contributed by atoms with Crippen LogP contribution in [0.3, 0.4) is 0 Å². The molecule has 1 N–H and O–H groups in total. The average Bonchev–Trinajstić information content (AvgIpc) is 3.69. The fraction of sp³-hybridized carbons (Fsp3) is 0.984. The maximum atomic E-state index is 11.2. The highest BCUT2D eigenvalue weighted by molar-refractivity contribution is 6.19. The fourth-order valence-corrected chi connectivity index (χ4v) is 7.11. The van der Waals surface area contributed by atoms with E-state index in [1.807, 2.05) is 118 Å². The summed E-state index contributed by atoms with van der Waals surface area (Å²) in [7, 11) is 22.1. The summed E-state index contributed by atoms with van der Waals surface area (Å²) in [6.07, 6.45) is 9.78. The molecule has 1 rings (SSSR count). The first kappa shape index (κ1) is 90.0. The second-order valence-corrected chi connectivity index (χ2v) is 24.3. The van der Waals surface area contributed by atoms with Crippen LogP contribution in [-0.4, -0.2) is 205 Å². The van der Waals surface area contributed by atoms with Gasteiger partial charge in [-0.1, -0.05) is 39.3 Å². The highest BCUT2D eigenvalue weighted by Gasteiger charge is 2.37. The summed E-state index contributed by atoms with van der Waals surface area (Å²) >= 11 is 0. The van der Waals surface area contributed by atoms with Crippen LogP contribution in [0, 0.1) is 0 Å². The van der Waals surface area contributed by atoms with Gasteiger partial charge in [-0.25, -0.2) is 0 Å². The van der Waals surface area contributed by atoms with Gasteiger partial charge in [-0.05, 0) is 199 Å². The summed E-state index contributed by atoms with van der Waals surface area (Å²) < 4.78 is 72.2. The lowest BCUT2D eigenvalue weighted by Crippen LogP contribution is -2.42. The van der Waals surface area contributed by atoms with Gasteiger partial charge in [0.05, 0.1) is 166 Å². The molecule has 8 radical (unpaired) electrons. The van der Waals surface area contributed by atoms with Crippen molar-refractivity contribution < 1.29 is 66.4 Å². The molecule has 1 aliphatic rings. The summed E-state index contributed by atoms with van der Waals surface area (Å²) in [4.78, 5) is 11.2. The van der Waals surface area contributed by atoms with Gasteiger partial charge in [0.2, 0.25) is 5.91 Å². The molecule has 5 unspecified atom stereocenters. The van der Waals surface area contributed by atoms with Crippen molar-refractivity contribution in [2.75, 3.05) is 46.2 Å². The van der Waals surface area contributed by atoms with Crippen LogP contribution in [-0.2, 0) is 66.4 Å². The minimum absolute atomic E-state index is 0.0140. The summed E-state index contributed by atoms with van der Waals surface area (Å²) in [6, 6.07) is -0.498. The van der Waals surface area contributed by atoms with Crippen LogP contribution in [0.1, 0.15) is 219 Å². The molecular weight excluding hydrogens is 1040 g/mol. The van der Waals surface area contributed by atoms with Gasteiger partial charge < -0.3 is 66.9 Å². The van der Waals surface area contributed by atoms with Crippen molar-refractivity contribution in [2.24, 2.45) is 0 Å². The van der Waals surface area contributed by atoms with Crippen molar-refractivity contribution in [3.63, 3.8) is 0 Å². The minimum atomic E-state index is -0.360. The SMILES string of the molecule is CCCC(CCOC(C)C)OC(C)C.CCCC(COC(C)C)OC(C)C.[B]CC(=O)NC(COC(C)C)COC(C)C.[B]CC(C)(COC(C)C)OC(C)C.[B]CC(COC(C)C)OC(C)C.[B][C@@H]1OCC(OC(C)C)[C@@H]1OC(C)C. The molecule has 0 spiro atoms. The molecule has 0 aromatic rings. The maximum Gasteiger partial charge on any atom is 0.211 e. The molecular formula is C63H131B4NO14. The van der Waals surface area contributed by atoms with Gasteiger partial charge in [0.25, 0.3) is 0 Å². The largest absolute Gasteiger partial charge is 0.382 e. The summed E-state index contributed by atoms with van der Waals surface area (Å²) in [5.74, 6) is -0.190. The molecule has 0 saturated carbocycles. The van der Waals surface area contributed by atoms with E-state index in [9.17, 15) is 4.79 Å². The van der Waals surface area contributed by atoms with E-state index >= 15 is 0 Å². The number of nitrogens with one attached hydrogen (secondary N) is 1. The molecule has 15 nitrogen and oxygen atoms in total. The number of carbonyl (C=O) groups is 1. The second-order valence-electron chi connectivity index (χ2n) is 24.3. The molecule has 0 aliphatic carbocycles. The Balaban J connectivity index is -0.000000290. The van der Waals surface area contributed by atoms with E-state index in [0.29, 0.717) is 76.2 Å². The number of hydrogen-bond acceptors (Lipinski definition) is 14. The number of ether oxygens (including phenoxy) is 13. The van der Waals surface area contributed by atoms with Crippen LogP contribution in [0.2, 0.25) is 19.0 Å². The fourth-order valence-electron chi connectivity index (χ4n) is 7.11. The minimum Gasteiger partial charge on any atom is -0.382 e. The summed E-state index contributed by atoms with van der Waals surface area (Å²) in [5.41, 5.74) is -0.349. The third-order valence-corrected chi connectivity index (χ3v) is 10.5. The van der Waals surface area contributed by atoms with Crippen LogP contribution in [0.15, 0.2) is 0 Å². The molecule has 0 aromatic carbocycles. The van der Waals surface area contributed by atoms with Crippen molar-refractivity contribution in [3.8, 4) is 0 Å². The highest BCUT2D eigenvalue weighted by Crippen LogP contribution is 2.22. The predicted octanol–water partition coefficient (Wildman–Crippen LogP) is 12.4. The molecule has 1 saturated heterocycles. The van der Waals surface area contributed by atoms with E-state index in [0.717, 1.165) is 38.9 Å². The lowest BCUT2D eigenvalue weighted by Gasteiger charge is -2.31. The Morgan fingerprint density at radius 2 is 0.902 bits per heavy atom. The Kier molecular flexibility index (Phi) is 62.2. The molecule has 1 amide bonds. The average molecular weight is 1170 g/mol. The number of hydrogen-bond donors (Lipinski definition) is 1. The smallest absolute Gasteiger partial charge is 0.211 e. The summed E-state index contributed by atoms with van der Waals surface area (Å²) in [5, 5.41) is 2.76. The van der Waals surface area contributed by atoms with E-state index < -0.39 is 0 Å². The second kappa shape index (κ2) is 56.7. The Morgan fingerprint density at radius 3 is 1.27 bits per heavy atom. The first-order valence-electron chi connectivity index (χ1n) is 31.4. The molecule has 82 heavy (non-hydrogen) atoms. The topological polar surface area (TPSA) is 149 Å². The molecule has 7 atom stereocenters. The Bertz CT molecular complexity index is 1340. The van der Waals surface area contributed by atoms with E-state index in [2.05, 4.69) is 74.6 Å².